The van der Waals surface area contributed by atoms with Crippen LogP contribution in [0.3, 0.4) is 0 Å². The smallest absolute Gasteiger partial charge is 0.296 e. The normalized spacial score (nSPS) is 25.6. The largest absolute Gasteiger partial charge is 0.621 e. The molecular weight excluding hydrogens is 340 g/mol. The predicted molar refractivity (Wildman–Crippen MR) is 105 cm³/mol. The molecule has 27 heavy (non-hydrogen) atoms. The van der Waals surface area contributed by atoms with Gasteiger partial charge in [0.25, 0.3) is 6.73 Å². The highest BCUT2D eigenvalue weighted by Gasteiger charge is 2.84. The van der Waals surface area contributed by atoms with Crippen LogP contribution in [0.4, 0.5) is 0 Å². The van der Waals surface area contributed by atoms with Gasteiger partial charge in [-0.15, -0.1) is 0 Å². The van der Waals surface area contributed by atoms with Gasteiger partial charge < -0.3 is 20.0 Å². The Morgan fingerprint density at radius 2 is 1.52 bits per heavy atom. The van der Waals surface area contributed by atoms with E-state index in [0.29, 0.717) is 6.61 Å². The van der Waals surface area contributed by atoms with E-state index < -0.39 is 0 Å². The van der Waals surface area contributed by atoms with Crippen molar-refractivity contribution in [1.29, 1.82) is 0 Å². The van der Waals surface area contributed by atoms with Crippen molar-refractivity contribution < 1.29 is 14.2 Å². The molecule has 0 amide bonds. The lowest BCUT2D eigenvalue weighted by atomic mass is 10.2. The van der Waals surface area contributed by atoms with Crippen LogP contribution >= 0.6 is 0 Å². The number of ether oxygens (including phenoxy) is 2. The summed E-state index contributed by atoms with van der Waals surface area (Å²) in [6, 6.07) is 15.8. The lowest BCUT2D eigenvalue weighted by molar-refractivity contribution is -0.491. The zero-order valence-corrected chi connectivity index (χ0v) is 15.9. The second kappa shape index (κ2) is 6.89. The fourth-order valence-corrected chi connectivity index (χ4v) is 3.63. The molecule has 5 heteroatoms. The molecule has 0 aromatic heterocycles. The Labute approximate surface area is 160 Å². The Kier molecular flexibility index (Phi) is 4.56. The van der Waals surface area contributed by atoms with Crippen molar-refractivity contribution >= 4 is 6.21 Å². The van der Waals surface area contributed by atoms with Crippen LogP contribution in [0.1, 0.15) is 24.0 Å². The van der Waals surface area contributed by atoms with Crippen LogP contribution in [-0.2, 0) is 0 Å². The second-order valence-electron chi connectivity index (χ2n) is 7.81. The van der Waals surface area contributed by atoms with Crippen LogP contribution in [0.25, 0.3) is 0 Å². The molecule has 2 fully saturated rings. The summed E-state index contributed by atoms with van der Waals surface area (Å²) in [6.45, 7) is 5.51. The minimum atomic E-state index is 0.0231. The van der Waals surface area contributed by atoms with Gasteiger partial charge in [-0.3, -0.25) is 0 Å². The molecule has 0 heterocycles. The number of hydrogen-bond acceptors (Lipinski definition) is 4. The first-order chi connectivity index (χ1) is 13.0. The highest BCUT2D eigenvalue weighted by Crippen LogP contribution is 2.77. The van der Waals surface area contributed by atoms with Gasteiger partial charge in [0.05, 0.1) is 5.41 Å². The molecule has 0 bridgehead atoms. The molecule has 2 aromatic rings. The lowest BCUT2D eigenvalue weighted by Gasteiger charge is -2.08. The minimum Gasteiger partial charge on any atom is -0.621 e. The summed E-state index contributed by atoms with van der Waals surface area (Å²) in [6.07, 6.45) is 3.83. The molecule has 0 atom stereocenters. The Morgan fingerprint density at radius 1 is 0.963 bits per heavy atom. The molecule has 2 aliphatic carbocycles. The third kappa shape index (κ3) is 3.93. The highest BCUT2D eigenvalue weighted by atomic mass is 16.6. The summed E-state index contributed by atoms with van der Waals surface area (Å²) in [5.41, 5.74) is 2.53. The Bertz CT molecular complexity index is 822. The molecule has 0 aliphatic heterocycles. The van der Waals surface area contributed by atoms with Crippen LogP contribution in [0.5, 0.6) is 11.5 Å². The van der Waals surface area contributed by atoms with Crippen LogP contribution in [-0.4, -0.2) is 36.4 Å². The fraction of sp³-hybridized carbons (Fsp3) is 0.409. The van der Waals surface area contributed by atoms with E-state index in [-0.39, 0.29) is 17.7 Å². The van der Waals surface area contributed by atoms with E-state index >= 15 is 0 Å². The van der Waals surface area contributed by atoms with Crippen LogP contribution in [0.2, 0.25) is 0 Å². The summed E-state index contributed by atoms with van der Waals surface area (Å²) in [7, 11) is 0. The molecule has 5 nitrogen and oxygen atoms in total. The third-order valence-electron chi connectivity index (χ3n) is 5.56. The molecular formula is C22H26N2O3. The average Bonchev–Trinajstić information content (AvgIpc) is 3.45. The quantitative estimate of drug-likeness (QED) is 0.184. The van der Waals surface area contributed by atoms with Gasteiger partial charge in [0.15, 0.2) is 6.21 Å². The molecule has 142 valence electrons. The predicted octanol–water partition coefficient (Wildman–Crippen LogP) is 3.42. The van der Waals surface area contributed by atoms with Gasteiger partial charge in [0, 0.05) is 12.1 Å². The first-order valence-electron chi connectivity index (χ1n) is 9.44. The summed E-state index contributed by atoms with van der Waals surface area (Å²) < 4.78 is 12.2. The first kappa shape index (κ1) is 17.9. The maximum absolute atomic E-state index is 12.1. The van der Waals surface area contributed by atoms with Gasteiger partial charge in [-0.25, -0.2) is 0 Å². The van der Waals surface area contributed by atoms with Crippen LogP contribution in [0, 0.1) is 24.5 Å². The van der Waals surface area contributed by atoms with E-state index in [2.05, 4.69) is 12.2 Å². The number of rotatable bonds is 9. The first-order valence-corrected chi connectivity index (χ1v) is 9.44. The van der Waals surface area contributed by atoms with E-state index in [0.717, 1.165) is 35.6 Å². The third-order valence-corrected chi connectivity index (χ3v) is 5.56. The zero-order chi connectivity index (χ0) is 18.9. The van der Waals surface area contributed by atoms with Crippen molar-refractivity contribution in [1.82, 2.24) is 5.32 Å². The molecule has 0 spiro atoms. The molecule has 0 radical (unpaired) electrons. The van der Waals surface area contributed by atoms with E-state index in [9.17, 15) is 5.21 Å². The van der Waals surface area contributed by atoms with Crippen molar-refractivity contribution in [3.8, 4) is 11.5 Å². The number of fused-ring (bicyclic) bond motifs is 1. The van der Waals surface area contributed by atoms with Gasteiger partial charge in [-0.1, -0.05) is 35.4 Å². The minimum absolute atomic E-state index is 0.0231. The highest BCUT2D eigenvalue weighted by molar-refractivity contribution is 5.78. The van der Waals surface area contributed by atoms with Gasteiger partial charge in [0.2, 0.25) is 0 Å². The van der Waals surface area contributed by atoms with Crippen molar-refractivity contribution in [2.45, 2.75) is 32.2 Å². The summed E-state index contributed by atoms with van der Waals surface area (Å²) in [4.78, 5) is 0. The van der Waals surface area contributed by atoms with Gasteiger partial charge in [-0.2, -0.15) is 4.74 Å². The van der Waals surface area contributed by atoms with Crippen molar-refractivity contribution in [3.63, 3.8) is 0 Å². The van der Waals surface area contributed by atoms with Gasteiger partial charge in [0.1, 0.15) is 18.1 Å². The number of aryl methyl sites for hydroxylation is 2. The van der Waals surface area contributed by atoms with E-state index in [1.54, 1.807) is 6.21 Å². The fourth-order valence-electron chi connectivity index (χ4n) is 3.63. The van der Waals surface area contributed by atoms with E-state index in [1.807, 2.05) is 55.5 Å². The Hall–Kier alpha value is -2.53. The number of nitrogens with zero attached hydrogens (tertiary/aromatic N) is 1. The van der Waals surface area contributed by atoms with Gasteiger partial charge in [-0.05, 0) is 51.0 Å². The van der Waals surface area contributed by atoms with Crippen LogP contribution in [0.15, 0.2) is 48.5 Å². The van der Waals surface area contributed by atoms with E-state index in [4.69, 9.17) is 9.47 Å². The van der Waals surface area contributed by atoms with Crippen LogP contribution < -0.4 is 14.8 Å². The molecule has 1 N–H and O–H groups in total. The summed E-state index contributed by atoms with van der Waals surface area (Å²) in [5, 5.41) is 15.7. The van der Waals surface area contributed by atoms with E-state index in [1.165, 1.54) is 11.1 Å². The molecule has 0 saturated heterocycles. The second-order valence-corrected chi connectivity index (χ2v) is 7.81. The topological polar surface area (TPSA) is 56.6 Å². The number of hydroxylamine groups is 1. The Morgan fingerprint density at radius 3 is 2.11 bits per heavy atom. The standard InChI is InChI=1S/C22H26N2O3/c1-17-3-7-19(8-4-17)26-12-11-23-22-13-21(22,14-22)15-24(25)16-27-20-9-5-18(2)6-10-20/h3-10,15,23H,11-14,16H2,1-2H3/b24-15+. The van der Waals surface area contributed by atoms with Crippen molar-refractivity contribution in [2.24, 2.45) is 5.41 Å². The molecule has 2 saturated carbocycles. The molecule has 4 rings (SSSR count). The van der Waals surface area contributed by atoms with Crippen molar-refractivity contribution in [3.05, 3.63) is 64.9 Å². The Balaban J connectivity index is 1.19. The zero-order valence-electron chi connectivity index (χ0n) is 15.9. The average molecular weight is 366 g/mol. The van der Waals surface area contributed by atoms with Crippen molar-refractivity contribution in [2.75, 3.05) is 19.9 Å². The summed E-state index contributed by atoms with van der Waals surface area (Å²) >= 11 is 0. The molecule has 0 unspecified atom stereocenters. The maximum Gasteiger partial charge on any atom is 0.296 e. The maximum atomic E-state index is 12.1. The SMILES string of the molecule is Cc1ccc(OCCNC23CC2(/C=[N+](/[O-])COc2ccc(C)cc2)C3)cc1. The number of benzene rings is 2. The molecule has 2 aliphatic rings. The lowest BCUT2D eigenvalue weighted by Crippen LogP contribution is -2.28. The molecule has 2 aromatic carbocycles. The summed E-state index contributed by atoms with van der Waals surface area (Å²) in [5.74, 6) is 1.61. The number of hydrogen-bond donors (Lipinski definition) is 1. The monoisotopic (exact) mass is 366 g/mol. The number of nitrogens with one attached hydrogen (secondary N) is 1. The van der Waals surface area contributed by atoms with Gasteiger partial charge >= 0.3 is 0 Å².